The number of carbonyl (C=O) groups is 2. The zero-order valence-corrected chi connectivity index (χ0v) is 17.6. The van der Waals surface area contributed by atoms with E-state index in [-0.39, 0.29) is 34.6 Å². The predicted molar refractivity (Wildman–Crippen MR) is 112 cm³/mol. The van der Waals surface area contributed by atoms with Gasteiger partial charge in [-0.25, -0.2) is 14.0 Å². The number of esters is 2. The number of carbonyl (C=O) groups excluding carboxylic acids is 2. The number of hydrogen-bond donors (Lipinski definition) is 2. The minimum Gasteiger partial charge on any atom is -0.462 e. The highest BCUT2D eigenvalue weighted by molar-refractivity contribution is 7.80. The van der Waals surface area contributed by atoms with E-state index in [9.17, 15) is 14.0 Å². The second-order valence-corrected chi connectivity index (χ2v) is 7.17. The van der Waals surface area contributed by atoms with Gasteiger partial charge in [-0.2, -0.15) is 0 Å². The second-order valence-electron chi connectivity index (χ2n) is 5.74. The van der Waals surface area contributed by atoms with Crippen molar-refractivity contribution in [3.8, 4) is 0 Å². The summed E-state index contributed by atoms with van der Waals surface area (Å²) in [7, 11) is 0. The van der Waals surface area contributed by atoms with Crippen LogP contribution >= 0.6 is 23.6 Å². The average molecular weight is 425 g/mol. The maximum atomic E-state index is 13.7. The lowest BCUT2D eigenvalue weighted by atomic mass is 10.1. The molecule has 0 bridgehead atoms. The van der Waals surface area contributed by atoms with E-state index in [1.807, 2.05) is 0 Å². The number of aryl methyl sites for hydroxylation is 1. The molecule has 0 saturated carbocycles. The normalized spacial score (nSPS) is 10.3. The molecule has 150 valence electrons. The number of rotatable bonds is 6. The molecule has 0 amide bonds. The number of thiocarbonyl (C=S) groups is 1. The third-order valence-corrected chi connectivity index (χ3v) is 5.14. The first kappa shape index (κ1) is 21.8. The number of thiophene rings is 1. The molecule has 6 nitrogen and oxygen atoms in total. The van der Waals surface area contributed by atoms with Crippen LogP contribution in [0.1, 0.15) is 45.0 Å². The lowest BCUT2D eigenvalue weighted by Gasteiger charge is -2.11. The van der Waals surface area contributed by atoms with Crippen molar-refractivity contribution in [3.63, 3.8) is 0 Å². The van der Waals surface area contributed by atoms with Gasteiger partial charge >= 0.3 is 11.9 Å². The van der Waals surface area contributed by atoms with Crippen molar-refractivity contribution in [2.24, 2.45) is 0 Å². The first-order valence-corrected chi connectivity index (χ1v) is 9.82. The molecule has 0 unspecified atom stereocenters. The molecule has 0 saturated heterocycles. The van der Waals surface area contributed by atoms with Gasteiger partial charge in [0.25, 0.3) is 0 Å². The van der Waals surface area contributed by atoms with E-state index in [0.29, 0.717) is 21.8 Å². The summed E-state index contributed by atoms with van der Waals surface area (Å²) in [6.45, 7) is 7.10. The van der Waals surface area contributed by atoms with Crippen molar-refractivity contribution in [1.29, 1.82) is 0 Å². The van der Waals surface area contributed by atoms with Gasteiger partial charge in [-0.3, -0.25) is 0 Å². The van der Waals surface area contributed by atoms with E-state index in [1.165, 1.54) is 6.07 Å². The predicted octanol–water partition coefficient (Wildman–Crippen LogP) is 4.67. The molecule has 28 heavy (non-hydrogen) atoms. The highest BCUT2D eigenvalue weighted by Crippen LogP contribution is 2.34. The van der Waals surface area contributed by atoms with Gasteiger partial charge in [0.2, 0.25) is 0 Å². The van der Waals surface area contributed by atoms with Crippen LogP contribution in [0, 0.1) is 19.7 Å². The smallest absolute Gasteiger partial charge is 0.348 e. The van der Waals surface area contributed by atoms with Crippen LogP contribution in [-0.4, -0.2) is 30.3 Å². The fraction of sp³-hybridized carbons (Fsp3) is 0.316. The summed E-state index contributed by atoms with van der Waals surface area (Å²) in [5, 5.41) is 6.25. The van der Waals surface area contributed by atoms with Crippen LogP contribution < -0.4 is 10.6 Å². The molecule has 1 aromatic carbocycles. The Morgan fingerprint density at radius 3 is 2.36 bits per heavy atom. The molecule has 0 spiro atoms. The third-order valence-electron chi connectivity index (χ3n) is 3.74. The van der Waals surface area contributed by atoms with Crippen molar-refractivity contribution in [1.82, 2.24) is 0 Å². The Balaban J connectivity index is 2.30. The molecule has 0 aliphatic carbocycles. The molecular formula is C19H21FN2O4S2. The van der Waals surface area contributed by atoms with E-state index in [4.69, 9.17) is 21.7 Å². The summed E-state index contributed by atoms with van der Waals surface area (Å²) >= 11 is 6.31. The van der Waals surface area contributed by atoms with Crippen LogP contribution in [0.15, 0.2) is 18.2 Å². The molecule has 9 heteroatoms. The Kier molecular flexibility index (Phi) is 7.47. The first-order chi connectivity index (χ1) is 13.3. The lowest BCUT2D eigenvalue weighted by Crippen LogP contribution is -2.20. The van der Waals surface area contributed by atoms with Gasteiger partial charge in [0.1, 0.15) is 15.7 Å². The molecular weight excluding hydrogens is 403 g/mol. The van der Waals surface area contributed by atoms with Gasteiger partial charge in [-0.05, 0) is 63.2 Å². The van der Waals surface area contributed by atoms with Crippen LogP contribution in [-0.2, 0) is 9.47 Å². The molecule has 1 aromatic heterocycles. The highest BCUT2D eigenvalue weighted by Gasteiger charge is 2.26. The minimum atomic E-state index is -0.571. The molecule has 2 aromatic rings. The quantitative estimate of drug-likeness (QED) is 0.516. The Hall–Kier alpha value is -2.52. The van der Waals surface area contributed by atoms with Crippen LogP contribution in [0.3, 0.4) is 0 Å². The van der Waals surface area contributed by atoms with Gasteiger partial charge in [-0.15, -0.1) is 11.3 Å². The van der Waals surface area contributed by atoms with Crippen LogP contribution in [0.25, 0.3) is 0 Å². The van der Waals surface area contributed by atoms with Crippen molar-refractivity contribution >= 4 is 51.3 Å². The summed E-state index contributed by atoms with van der Waals surface area (Å²) in [6.07, 6.45) is 0. The number of anilines is 2. The zero-order valence-electron chi connectivity index (χ0n) is 16.0. The maximum absolute atomic E-state index is 13.7. The van der Waals surface area contributed by atoms with Crippen LogP contribution in [0.5, 0.6) is 0 Å². The number of nitrogens with one attached hydrogen (secondary N) is 2. The molecule has 2 N–H and O–H groups in total. The van der Waals surface area contributed by atoms with Gasteiger partial charge < -0.3 is 20.1 Å². The summed E-state index contributed by atoms with van der Waals surface area (Å²) in [5.74, 6) is -1.46. The largest absolute Gasteiger partial charge is 0.462 e. The molecule has 0 aliphatic rings. The lowest BCUT2D eigenvalue weighted by molar-refractivity contribution is 0.0527. The highest BCUT2D eigenvalue weighted by atomic mass is 32.1. The number of halogens is 1. The monoisotopic (exact) mass is 424 g/mol. The van der Waals surface area contributed by atoms with E-state index >= 15 is 0 Å². The van der Waals surface area contributed by atoms with Crippen molar-refractivity contribution < 1.29 is 23.5 Å². The van der Waals surface area contributed by atoms with Crippen molar-refractivity contribution in [3.05, 3.63) is 45.6 Å². The fourth-order valence-electron chi connectivity index (χ4n) is 2.38. The summed E-state index contributed by atoms with van der Waals surface area (Å²) in [6, 6.07) is 4.63. The number of hydrogen-bond acceptors (Lipinski definition) is 6. The first-order valence-electron chi connectivity index (χ1n) is 8.60. The van der Waals surface area contributed by atoms with E-state index < -0.39 is 11.9 Å². The van der Waals surface area contributed by atoms with Crippen LogP contribution in [0.4, 0.5) is 15.1 Å². The molecule has 0 atom stereocenters. The van der Waals surface area contributed by atoms with E-state index in [0.717, 1.165) is 11.3 Å². The summed E-state index contributed by atoms with van der Waals surface area (Å²) in [4.78, 5) is 24.8. The standard InChI is InChI=1S/C19H21FN2O4S2/c1-5-25-17(23)14-11(4)15(18(24)26-6-2)28-16(14)22-19(27)21-12-8-7-10(3)13(20)9-12/h7-9H,5-6H2,1-4H3,(H2,21,22,27). The molecule has 0 fully saturated rings. The average Bonchev–Trinajstić information content (AvgIpc) is 2.94. The fourth-order valence-corrected chi connectivity index (χ4v) is 3.76. The number of benzene rings is 1. The molecule has 0 aliphatic heterocycles. The van der Waals surface area contributed by atoms with E-state index in [1.54, 1.807) is 39.8 Å². The SMILES string of the molecule is CCOC(=O)c1sc(NC(=S)Nc2ccc(C)c(F)c2)c(C(=O)OCC)c1C. The third kappa shape index (κ3) is 5.05. The van der Waals surface area contributed by atoms with Gasteiger partial charge in [-0.1, -0.05) is 6.07 Å². The Morgan fingerprint density at radius 1 is 1.11 bits per heavy atom. The Labute approximate surface area is 172 Å². The van der Waals surface area contributed by atoms with Gasteiger partial charge in [0.05, 0.1) is 18.8 Å². The Morgan fingerprint density at radius 2 is 1.75 bits per heavy atom. The summed E-state index contributed by atoms with van der Waals surface area (Å²) in [5.41, 5.74) is 1.64. The zero-order chi connectivity index (χ0) is 20.8. The van der Waals surface area contributed by atoms with Crippen LogP contribution in [0.2, 0.25) is 0 Å². The topological polar surface area (TPSA) is 76.7 Å². The van der Waals surface area contributed by atoms with Gasteiger partial charge in [0, 0.05) is 5.69 Å². The van der Waals surface area contributed by atoms with E-state index in [2.05, 4.69) is 10.6 Å². The summed E-state index contributed by atoms with van der Waals surface area (Å²) < 4.78 is 23.9. The van der Waals surface area contributed by atoms with Gasteiger partial charge in [0.15, 0.2) is 5.11 Å². The maximum Gasteiger partial charge on any atom is 0.348 e. The molecule has 2 rings (SSSR count). The Bertz CT molecular complexity index is 912. The molecule has 1 heterocycles. The molecule has 0 radical (unpaired) electrons. The minimum absolute atomic E-state index is 0.144. The second kappa shape index (κ2) is 9.61. The number of ether oxygens (including phenoxy) is 2. The van der Waals surface area contributed by atoms with Crippen molar-refractivity contribution in [2.75, 3.05) is 23.8 Å². The van der Waals surface area contributed by atoms with Crippen molar-refractivity contribution in [2.45, 2.75) is 27.7 Å².